The number of hydrogen-bond acceptors (Lipinski definition) is 3. The lowest BCUT2D eigenvalue weighted by Crippen LogP contribution is -2.34. The van der Waals surface area contributed by atoms with Crippen molar-refractivity contribution in [2.75, 3.05) is 26.2 Å². The largest absolute Gasteiger partial charge is 0.396 e. The minimum Gasteiger partial charge on any atom is -0.396 e. The van der Waals surface area contributed by atoms with E-state index >= 15 is 0 Å². The van der Waals surface area contributed by atoms with Crippen molar-refractivity contribution in [2.24, 2.45) is 0 Å². The summed E-state index contributed by atoms with van der Waals surface area (Å²) in [7, 11) is 0. The zero-order valence-electron chi connectivity index (χ0n) is 10.2. The van der Waals surface area contributed by atoms with E-state index in [9.17, 15) is 9.59 Å². The summed E-state index contributed by atoms with van der Waals surface area (Å²) in [6.45, 7) is 5.66. The topological polar surface area (TPSA) is 69.6 Å². The number of nitrogens with one attached hydrogen (secondary N) is 1. The molecule has 0 rings (SSSR count). The quantitative estimate of drug-likeness (QED) is 0.623. The SMILES string of the molecule is CCN(CC)C(=O)CCNC(=O)CCCO. The van der Waals surface area contributed by atoms with Gasteiger partial charge in [0.1, 0.15) is 0 Å². The summed E-state index contributed by atoms with van der Waals surface area (Å²) in [6, 6.07) is 0. The zero-order chi connectivity index (χ0) is 12.4. The predicted molar refractivity (Wildman–Crippen MR) is 61.9 cm³/mol. The second-order valence-corrected chi connectivity index (χ2v) is 3.49. The van der Waals surface area contributed by atoms with E-state index in [1.54, 1.807) is 4.90 Å². The lowest BCUT2D eigenvalue weighted by Gasteiger charge is -2.18. The molecule has 0 saturated carbocycles. The molecule has 0 aromatic rings. The van der Waals surface area contributed by atoms with E-state index in [1.807, 2.05) is 13.8 Å². The Morgan fingerprint density at radius 1 is 1.19 bits per heavy atom. The summed E-state index contributed by atoms with van der Waals surface area (Å²) < 4.78 is 0. The van der Waals surface area contributed by atoms with Crippen molar-refractivity contribution >= 4 is 11.8 Å². The average Bonchev–Trinajstić information content (AvgIpc) is 2.28. The van der Waals surface area contributed by atoms with Crippen molar-refractivity contribution in [3.8, 4) is 0 Å². The van der Waals surface area contributed by atoms with Gasteiger partial charge in [0.25, 0.3) is 0 Å². The van der Waals surface area contributed by atoms with Crippen molar-refractivity contribution in [3.63, 3.8) is 0 Å². The van der Waals surface area contributed by atoms with Crippen LogP contribution in [-0.2, 0) is 9.59 Å². The summed E-state index contributed by atoms with van der Waals surface area (Å²) in [6.07, 6.45) is 1.12. The molecule has 0 spiro atoms. The van der Waals surface area contributed by atoms with Crippen LogP contribution in [0.1, 0.15) is 33.1 Å². The first kappa shape index (κ1) is 14.9. The fourth-order valence-corrected chi connectivity index (χ4v) is 1.37. The average molecular weight is 230 g/mol. The third kappa shape index (κ3) is 6.40. The maximum absolute atomic E-state index is 11.5. The number of aliphatic hydroxyl groups excluding tert-OH is 1. The number of carbonyl (C=O) groups is 2. The monoisotopic (exact) mass is 230 g/mol. The van der Waals surface area contributed by atoms with Crippen molar-refractivity contribution in [1.82, 2.24) is 10.2 Å². The van der Waals surface area contributed by atoms with Crippen LogP contribution in [0.4, 0.5) is 0 Å². The molecule has 0 aliphatic heterocycles. The molecule has 2 N–H and O–H groups in total. The number of nitrogens with zero attached hydrogens (tertiary/aromatic N) is 1. The van der Waals surface area contributed by atoms with Crippen LogP contribution in [-0.4, -0.2) is 48.1 Å². The van der Waals surface area contributed by atoms with Gasteiger partial charge < -0.3 is 15.3 Å². The molecule has 2 amide bonds. The highest BCUT2D eigenvalue weighted by Crippen LogP contribution is 1.93. The Hall–Kier alpha value is -1.10. The smallest absolute Gasteiger partial charge is 0.224 e. The molecular formula is C11H22N2O3. The number of aliphatic hydroxyl groups is 1. The number of rotatable bonds is 8. The van der Waals surface area contributed by atoms with Crippen LogP contribution in [0.2, 0.25) is 0 Å². The molecule has 5 nitrogen and oxygen atoms in total. The van der Waals surface area contributed by atoms with Gasteiger partial charge in [0.2, 0.25) is 11.8 Å². The van der Waals surface area contributed by atoms with Gasteiger partial charge in [0.05, 0.1) is 0 Å². The van der Waals surface area contributed by atoms with E-state index < -0.39 is 0 Å². The number of hydrogen-bond donors (Lipinski definition) is 2. The maximum atomic E-state index is 11.5. The van der Waals surface area contributed by atoms with Crippen LogP contribution in [0.15, 0.2) is 0 Å². The molecule has 94 valence electrons. The van der Waals surface area contributed by atoms with Gasteiger partial charge in [-0.15, -0.1) is 0 Å². The second kappa shape index (κ2) is 9.15. The van der Waals surface area contributed by atoms with Gasteiger partial charge in [-0.25, -0.2) is 0 Å². The fourth-order valence-electron chi connectivity index (χ4n) is 1.37. The molecule has 0 saturated heterocycles. The van der Waals surface area contributed by atoms with E-state index in [0.29, 0.717) is 38.9 Å². The second-order valence-electron chi connectivity index (χ2n) is 3.49. The Balaban J connectivity index is 3.64. The van der Waals surface area contributed by atoms with Crippen LogP contribution in [0.25, 0.3) is 0 Å². The predicted octanol–water partition coefficient (Wildman–Crippen LogP) is 0.134. The molecule has 0 bridgehead atoms. The van der Waals surface area contributed by atoms with Gasteiger partial charge in [-0.2, -0.15) is 0 Å². The standard InChI is InChI=1S/C11H22N2O3/c1-3-13(4-2)11(16)7-8-12-10(15)6-5-9-14/h14H,3-9H2,1-2H3,(H,12,15). The van der Waals surface area contributed by atoms with Crippen LogP contribution in [0.3, 0.4) is 0 Å². The minimum absolute atomic E-state index is 0.0196. The summed E-state index contributed by atoms with van der Waals surface area (Å²) >= 11 is 0. The Morgan fingerprint density at radius 3 is 2.31 bits per heavy atom. The molecule has 0 aromatic carbocycles. The van der Waals surface area contributed by atoms with E-state index in [1.165, 1.54) is 0 Å². The third-order valence-electron chi connectivity index (χ3n) is 2.34. The fraction of sp³-hybridized carbons (Fsp3) is 0.818. The Labute approximate surface area is 96.8 Å². The van der Waals surface area contributed by atoms with Crippen LogP contribution in [0, 0.1) is 0 Å². The Morgan fingerprint density at radius 2 is 1.81 bits per heavy atom. The molecule has 0 aliphatic rings. The van der Waals surface area contributed by atoms with Gasteiger partial charge in [0, 0.05) is 39.1 Å². The van der Waals surface area contributed by atoms with E-state index in [0.717, 1.165) is 0 Å². The van der Waals surface area contributed by atoms with E-state index in [2.05, 4.69) is 5.32 Å². The van der Waals surface area contributed by atoms with E-state index in [-0.39, 0.29) is 18.4 Å². The highest BCUT2D eigenvalue weighted by Gasteiger charge is 2.09. The molecule has 0 aliphatic carbocycles. The molecule has 0 heterocycles. The number of amides is 2. The third-order valence-corrected chi connectivity index (χ3v) is 2.34. The van der Waals surface area contributed by atoms with Crippen molar-refractivity contribution in [1.29, 1.82) is 0 Å². The molecule has 5 heteroatoms. The summed E-state index contributed by atoms with van der Waals surface area (Å²) in [5.41, 5.74) is 0. The maximum Gasteiger partial charge on any atom is 0.224 e. The lowest BCUT2D eigenvalue weighted by molar-refractivity contribution is -0.130. The van der Waals surface area contributed by atoms with Gasteiger partial charge in [-0.3, -0.25) is 9.59 Å². The first-order valence-electron chi connectivity index (χ1n) is 5.81. The van der Waals surface area contributed by atoms with Crippen LogP contribution < -0.4 is 5.32 Å². The molecule has 16 heavy (non-hydrogen) atoms. The Bertz CT molecular complexity index is 215. The minimum atomic E-state index is -0.110. The molecule has 0 unspecified atom stereocenters. The van der Waals surface area contributed by atoms with E-state index in [4.69, 9.17) is 5.11 Å². The highest BCUT2D eigenvalue weighted by atomic mass is 16.3. The molecule has 0 radical (unpaired) electrons. The molecular weight excluding hydrogens is 208 g/mol. The van der Waals surface area contributed by atoms with Crippen LogP contribution >= 0.6 is 0 Å². The van der Waals surface area contributed by atoms with Crippen molar-refractivity contribution < 1.29 is 14.7 Å². The summed E-state index contributed by atoms with van der Waals surface area (Å²) in [5, 5.41) is 11.2. The first-order valence-corrected chi connectivity index (χ1v) is 5.81. The lowest BCUT2D eigenvalue weighted by atomic mass is 10.3. The summed E-state index contributed by atoms with van der Waals surface area (Å²) in [5.74, 6) is -0.0474. The molecule has 0 fully saturated rings. The number of carbonyl (C=O) groups excluding carboxylic acids is 2. The Kier molecular flexibility index (Phi) is 8.52. The van der Waals surface area contributed by atoms with Crippen molar-refractivity contribution in [3.05, 3.63) is 0 Å². The van der Waals surface area contributed by atoms with Crippen LogP contribution in [0.5, 0.6) is 0 Å². The van der Waals surface area contributed by atoms with Crippen molar-refractivity contribution in [2.45, 2.75) is 33.1 Å². The molecule has 0 aromatic heterocycles. The summed E-state index contributed by atoms with van der Waals surface area (Å²) in [4.78, 5) is 24.4. The molecule has 0 atom stereocenters. The van der Waals surface area contributed by atoms with Gasteiger partial charge >= 0.3 is 0 Å². The first-order chi connectivity index (χ1) is 7.65. The van der Waals surface area contributed by atoms with Gasteiger partial charge in [0.15, 0.2) is 0 Å². The van der Waals surface area contributed by atoms with Gasteiger partial charge in [-0.1, -0.05) is 0 Å². The zero-order valence-corrected chi connectivity index (χ0v) is 10.2. The van der Waals surface area contributed by atoms with Gasteiger partial charge in [-0.05, 0) is 20.3 Å². The highest BCUT2D eigenvalue weighted by molar-refractivity contribution is 5.79. The normalized spacial score (nSPS) is 9.94.